The Morgan fingerprint density at radius 2 is 2.00 bits per heavy atom. The van der Waals surface area contributed by atoms with Crippen molar-refractivity contribution in [3.8, 4) is 0 Å². The molecule has 0 heterocycles. The molecule has 1 aromatic carbocycles. The number of rotatable bonds is 4. The van der Waals surface area contributed by atoms with Crippen molar-refractivity contribution in [2.45, 2.75) is 30.3 Å². The van der Waals surface area contributed by atoms with Crippen LogP contribution in [-0.4, -0.2) is 11.8 Å². The van der Waals surface area contributed by atoms with Crippen LogP contribution in [0.1, 0.15) is 24.8 Å². The van der Waals surface area contributed by atoms with Crippen molar-refractivity contribution in [2.75, 3.05) is 6.54 Å². The highest BCUT2D eigenvalue weighted by Gasteiger charge is 2.25. The van der Waals surface area contributed by atoms with Gasteiger partial charge in [0.05, 0.1) is 0 Å². The van der Waals surface area contributed by atoms with Crippen LogP contribution in [-0.2, 0) is 5.75 Å². The minimum atomic E-state index is 0.763. The maximum Gasteiger partial charge on any atom is 0.0187 e. The zero-order chi connectivity index (χ0) is 10.5. The lowest BCUT2D eigenvalue weighted by atomic mass is 10.1. The summed E-state index contributed by atoms with van der Waals surface area (Å²) in [6.45, 7) is 0.868. The van der Waals surface area contributed by atoms with E-state index in [9.17, 15) is 0 Å². The zero-order valence-electron chi connectivity index (χ0n) is 9.06. The van der Waals surface area contributed by atoms with Gasteiger partial charge in [0.15, 0.2) is 0 Å². The van der Waals surface area contributed by atoms with Gasteiger partial charge in [-0.3, -0.25) is 0 Å². The second-order valence-electron chi connectivity index (χ2n) is 4.26. The lowest BCUT2D eigenvalue weighted by Gasteiger charge is -2.17. The molecule has 2 N–H and O–H groups in total. The van der Waals surface area contributed by atoms with E-state index in [0.717, 1.165) is 23.5 Å². The summed E-state index contributed by atoms with van der Waals surface area (Å²) in [6, 6.07) is 10.7. The molecule has 2 atom stereocenters. The summed E-state index contributed by atoms with van der Waals surface area (Å²) >= 11 is 2.09. The fourth-order valence-corrected chi connectivity index (χ4v) is 3.72. The van der Waals surface area contributed by atoms with E-state index >= 15 is 0 Å². The molecular weight excluding hydrogens is 202 g/mol. The molecule has 82 valence electrons. The second kappa shape index (κ2) is 5.57. The Labute approximate surface area is 96.4 Å². The van der Waals surface area contributed by atoms with Gasteiger partial charge in [-0.1, -0.05) is 36.8 Å². The standard InChI is InChI=1S/C13H19NS/c14-9-12-7-4-8-13(12)15-10-11-5-2-1-3-6-11/h1-3,5-6,12-13H,4,7-10,14H2. The highest BCUT2D eigenvalue weighted by atomic mass is 32.2. The Morgan fingerprint density at radius 1 is 1.20 bits per heavy atom. The van der Waals surface area contributed by atoms with E-state index in [1.165, 1.54) is 24.8 Å². The van der Waals surface area contributed by atoms with E-state index in [1.54, 1.807) is 0 Å². The first-order chi connectivity index (χ1) is 7.40. The molecule has 1 saturated carbocycles. The molecule has 1 nitrogen and oxygen atoms in total. The maximum absolute atomic E-state index is 5.78. The molecule has 0 radical (unpaired) electrons. The molecular formula is C13H19NS. The molecule has 1 aliphatic carbocycles. The molecule has 2 unspecified atom stereocenters. The smallest absolute Gasteiger partial charge is 0.0187 e. The second-order valence-corrected chi connectivity index (χ2v) is 5.49. The monoisotopic (exact) mass is 221 g/mol. The number of benzene rings is 1. The van der Waals surface area contributed by atoms with Gasteiger partial charge < -0.3 is 5.73 Å². The molecule has 15 heavy (non-hydrogen) atoms. The van der Waals surface area contributed by atoms with Gasteiger partial charge in [0.25, 0.3) is 0 Å². The molecule has 2 rings (SSSR count). The number of hydrogen-bond donors (Lipinski definition) is 1. The highest BCUT2D eigenvalue weighted by Crippen LogP contribution is 2.35. The topological polar surface area (TPSA) is 26.0 Å². The van der Waals surface area contributed by atoms with Gasteiger partial charge in [-0.15, -0.1) is 0 Å². The van der Waals surface area contributed by atoms with Crippen LogP contribution < -0.4 is 5.73 Å². The zero-order valence-corrected chi connectivity index (χ0v) is 9.88. The summed E-state index contributed by atoms with van der Waals surface area (Å²) in [4.78, 5) is 0. The molecule has 0 bridgehead atoms. The third kappa shape index (κ3) is 2.99. The van der Waals surface area contributed by atoms with Crippen LogP contribution in [0.5, 0.6) is 0 Å². The summed E-state index contributed by atoms with van der Waals surface area (Å²) in [6.07, 6.45) is 4.07. The van der Waals surface area contributed by atoms with E-state index in [0.29, 0.717) is 0 Å². The van der Waals surface area contributed by atoms with Crippen molar-refractivity contribution in [1.29, 1.82) is 0 Å². The Balaban J connectivity index is 1.83. The first-order valence-electron chi connectivity index (χ1n) is 5.75. The molecule has 0 aromatic heterocycles. The molecule has 1 aromatic rings. The third-order valence-corrected chi connectivity index (χ3v) is 4.75. The summed E-state index contributed by atoms with van der Waals surface area (Å²) in [5, 5.41) is 0.801. The number of nitrogens with two attached hydrogens (primary N) is 1. The molecule has 1 aliphatic rings. The molecule has 0 spiro atoms. The van der Waals surface area contributed by atoms with Gasteiger partial charge >= 0.3 is 0 Å². The van der Waals surface area contributed by atoms with Gasteiger partial charge in [-0.05, 0) is 30.9 Å². The number of thioether (sulfide) groups is 1. The Morgan fingerprint density at radius 3 is 2.73 bits per heavy atom. The Hall–Kier alpha value is -0.470. The Bertz CT molecular complexity index is 286. The van der Waals surface area contributed by atoms with Crippen molar-refractivity contribution in [2.24, 2.45) is 11.7 Å². The molecule has 1 fully saturated rings. The minimum Gasteiger partial charge on any atom is -0.330 e. The normalized spacial score (nSPS) is 25.7. The van der Waals surface area contributed by atoms with Crippen LogP contribution in [0, 0.1) is 5.92 Å². The average molecular weight is 221 g/mol. The average Bonchev–Trinajstić information content (AvgIpc) is 2.75. The van der Waals surface area contributed by atoms with Gasteiger partial charge in [0.1, 0.15) is 0 Å². The van der Waals surface area contributed by atoms with E-state index in [4.69, 9.17) is 5.73 Å². The molecule has 0 saturated heterocycles. The third-order valence-electron chi connectivity index (χ3n) is 3.20. The van der Waals surface area contributed by atoms with Crippen molar-refractivity contribution < 1.29 is 0 Å². The fraction of sp³-hybridized carbons (Fsp3) is 0.538. The quantitative estimate of drug-likeness (QED) is 0.845. The van der Waals surface area contributed by atoms with Crippen LogP contribution in [0.2, 0.25) is 0 Å². The highest BCUT2D eigenvalue weighted by molar-refractivity contribution is 7.99. The summed E-state index contributed by atoms with van der Waals surface area (Å²) in [5.41, 5.74) is 7.22. The van der Waals surface area contributed by atoms with Crippen LogP contribution >= 0.6 is 11.8 Å². The molecule has 0 aliphatic heterocycles. The minimum absolute atomic E-state index is 0.763. The first-order valence-corrected chi connectivity index (χ1v) is 6.80. The van der Waals surface area contributed by atoms with Crippen molar-refractivity contribution in [3.63, 3.8) is 0 Å². The fourth-order valence-electron chi connectivity index (χ4n) is 2.27. The predicted molar refractivity (Wildman–Crippen MR) is 67.9 cm³/mol. The van der Waals surface area contributed by atoms with E-state index in [1.807, 2.05) is 0 Å². The van der Waals surface area contributed by atoms with Crippen molar-refractivity contribution >= 4 is 11.8 Å². The van der Waals surface area contributed by atoms with Gasteiger partial charge in [-0.2, -0.15) is 11.8 Å². The van der Waals surface area contributed by atoms with Gasteiger partial charge in [0, 0.05) is 11.0 Å². The number of hydrogen-bond acceptors (Lipinski definition) is 2. The van der Waals surface area contributed by atoms with Crippen molar-refractivity contribution in [1.82, 2.24) is 0 Å². The summed E-state index contributed by atoms with van der Waals surface area (Å²) < 4.78 is 0. The lowest BCUT2D eigenvalue weighted by molar-refractivity contribution is 0.573. The van der Waals surface area contributed by atoms with Crippen LogP contribution in [0.3, 0.4) is 0 Å². The van der Waals surface area contributed by atoms with Crippen molar-refractivity contribution in [3.05, 3.63) is 35.9 Å². The van der Waals surface area contributed by atoms with E-state index < -0.39 is 0 Å². The van der Waals surface area contributed by atoms with E-state index in [-0.39, 0.29) is 0 Å². The van der Waals surface area contributed by atoms with Crippen LogP contribution in [0.15, 0.2) is 30.3 Å². The summed E-state index contributed by atoms with van der Waals surface area (Å²) in [7, 11) is 0. The first kappa shape index (κ1) is 11.0. The van der Waals surface area contributed by atoms with Crippen LogP contribution in [0.4, 0.5) is 0 Å². The summed E-state index contributed by atoms with van der Waals surface area (Å²) in [5.74, 6) is 1.90. The predicted octanol–water partition coefficient (Wildman–Crippen LogP) is 3.05. The maximum atomic E-state index is 5.78. The molecule has 0 amide bonds. The SMILES string of the molecule is NCC1CCCC1SCc1ccccc1. The lowest BCUT2D eigenvalue weighted by Crippen LogP contribution is -2.20. The van der Waals surface area contributed by atoms with Crippen LogP contribution in [0.25, 0.3) is 0 Å². The Kier molecular flexibility index (Phi) is 4.09. The molecule has 2 heteroatoms. The van der Waals surface area contributed by atoms with E-state index in [2.05, 4.69) is 42.1 Å². The van der Waals surface area contributed by atoms with Gasteiger partial charge in [-0.25, -0.2) is 0 Å². The van der Waals surface area contributed by atoms with Gasteiger partial charge in [0.2, 0.25) is 0 Å². The largest absolute Gasteiger partial charge is 0.330 e.